The van der Waals surface area contributed by atoms with Gasteiger partial charge >= 0.3 is 6.09 Å². The van der Waals surface area contributed by atoms with Gasteiger partial charge in [-0.2, -0.15) is 0 Å². The fourth-order valence-electron chi connectivity index (χ4n) is 7.49. The lowest BCUT2D eigenvalue weighted by molar-refractivity contribution is -0.190. The minimum Gasteiger partial charge on any atom is -0.444 e. The summed E-state index contributed by atoms with van der Waals surface area (Å²) in [5.74, 6) is 0. The van der Waals surface area contributed by atoms with Gasteiger partial charge in [0.1, 0.15) is 11.2 Å². The summed E-state index contributed by atoms with van der Waals surface area (Å²) in [6.07, 6.45) is 5.11. The molecule has 2 aromatic rings. The molecule has 6 nitrogen and oxygen atoms in total. The van der Waals surface area contributed by atoms with Crippen LogP contribution in [-0.4, -0.2) is 52.2 Å². The van der Waals surface area contributed by atoms with Crippen LogP contribution in [-0.2, 0) is 10.3 Å². The number of halogens is 1. The quantitative estimate of drug-likeness (QED) is 0.396. The lowest BCUT2D eigenvalue weighted by Gasteiger charge is -2.62. The van der Waals surface area contributed by atoms with Gasteiger partial charge in [-0.05, 0) is 78.4 Å². The number of aromatic nitrogens is 2. The molecule has 0 unspecified atom stereocenters. The first kappa shape index (κ1) is 26.7. The summed E-state index contributed by atoms with van der Waals surface area (Å²) < 4.78 is 8.88. The number of ether oxygens (including phenoxy) is 1. The van der Waals surface area contributed by atoms with Crippen LogP contribution in [0, 0.1) is 5.41 Å². The molecule has 0 atom stereocenters. The second-order valence-electron chi connectivity index (χ2n) is 13.0. The molecule has 1 N–H and O–H groups in total. The topological polar surface area (TPSA) is 67.6 Å². The number of fused-ring (bicyclic) bond motifs is 1. The van der Waals surface area contributed by atoms with Crippen LogP contribution in [0.5, 0.6) is 0 Å². The first-order chi connectivity index (χ1) is 16.1. The Kier molecular flexibility index (Phi) is 6.54. The van der Waals surface area contributed by atoms with Gasteiger partial charge in [0.15, 0.2) is 8.24 Å². The van der Waals surface area contributed by atoms with E-state index in [2.05, 4.69) is 74.0 Å². The van der Waals surface area contributed by atoms with Crippen LogP contribution in [0.4, 0.5) is 4.79 Å². The maximum absolute atomic E-state index is 12.4. The van der Waals surface area contributed by atoms with Crippen LogP contribution in [0.1, 0.15) is 80.7 Å². The minimum absolute atomic E-state index is 0.0322. The summed E-state index contributed by atoms with van der Waals surface area (Å²) in [4.78, 5) is 19.1. The van der Waals surface area contributed by atoms with E-state index in [-0.39, 0.29) is 11.5 Å². The van der Waals surface area contributed by atoms with Crippen molar-refractivity contribution in [1.29, 1.82) is 0 Å². The summed E-state index contributed by atoms with van der Waals surface area (Å²) in [7, 11) is -1.97. The number of aliphatic hydroxyl groups is 1. The fraction of sp³-hybridized carbons (Fsp3) is 0.704. The average Bonchev–Trinajstić information content (AvgIpc) is 3.05. The fourth-order valence-corrected chi connectivity index (χ4v) is 14.7. The van der Waals surface area contributed by atoms with Gasteiger partial charge in [-0.25, -0.2) is 9.78 Å². The van der Waals surface area contributed by atoms with Crippen molar-refractivity contribution >= 4 is 41.3 Å². The maximum atomic E-state index is 12.4. The Balaban J connectivity index is 1.64. The van der Waals surface area contributed by atoms with Crippen LogP contribution >= 0.6 is 15.9 Å². The Morgan fingerprint density at radius 3 is 2.14 bits per heavy atom. The predicted molar refractivity (Wildman–Crippen MR) is 147 cm³/mol. The number of hydrogen-bond acceptors (Lipinski definition) is 4. The van der Waals surface area contributed by atoms with Crippen LogP contribution in [0.15, 0.2) is 22.9 Å². The molecule has 0 bridgehead atoms. The zero-order valence-corrected chi connectivity index (χ0v) is 25.4. The van der Waals surface area contributed by atoms with Crippen molar-refractivity contribution in [2.45, 2.75) is 103 Å². The molecule has 1 saturated heterocycles. The summed E-state index contributed by atoms with van der Waals surface area (Å²) in [5, 5.41) is 12.9. The van der Waals surface area contributed by atoms with Crippen LogP contribution in [0.25, 0.3) is 11.0 Å². The molecule has 1 saturated carbocycles. The number of pyridine rings is 1. The molecule has 1 aliphatic carbocycles. The highest BCUT2D eigenvalue weighted by Gasteiger charge is 2.62. The van der Waals surface area contributed by atoms with Crippen molar-refractivity contribution in [3.8, 4) is 0 Å². The molecule has 35 heavy (non-hydrogen) atoms. The summed E-state index contributed by atoms with van der Waals surface area (Å²) >= 11 is 3.72. The number of carbonyl (C=O) groups excluding carboxylic acids is 1. The smallest absolute Gasteiger partial charge is 0.410 e. The van der Waals surface area contributed by atoms with E-state index in [4.69, 9.17) is 9.72 Å². The number of likely N-dealkylation sites (tertiary alicyclic amines) is 1. The number of nitrogens with zero attached hydrogens (tertiary/aromatic N) is 3. The standard InChI is InChI=1S/C27H42BrN3O3Si/c1-17(2)35(18(3)4,19(5)6)31-11-10-20-22(21(28)12-29-23(20)31)27(33)13-26(14-27)15-30(16-26)24(32)34-25(7,8)9/h10-12,17-19,33H,13-16H2,1-9H3. The molecule has 2 aliphatic rings. The molecule has 3 heterocycles. The van der Waals surface area contributed by atoms with E-state index < -0.39 is 19.4 Å². The SMILES string of the molecule is CC(C)[Si](C(C)C)(C(C)C)n1ccc2c(C3(O)CC4(CN(C(=O)OC(C)(C)C)C4)C3)c(Br)cnc21. The number of rotatable bonds is 5. The average molecular weight is 565 g/mol. The van der Waals surface area contributed by atoms with Gasteiger partial charge in [0.25, 0.3) is 0 Å². The van der Waals surface area contributed by atoms with E-state index in [1.807, 2.05) is 27.0 Å². The first-order valence-corrected chi connectivity index (χ1v) is 15.9. The third-order valence-electron chi connectivity index (χ3n) is 8.36. The van der Waals surface area contributed by atoms with Gasteiger partial charge in [0.05, 0.1) is 5.60 Å². The van der Waals surface area contributed by atoms with Gasteiger partial charge in [0.2, 0.25) is 0 Å². The highest BCUT2D eigenvalue weighted by atomic mass is 79.9. The number of hydrogen-bond donors (Lipinski definition) is 1. The van der Waals surface area contributed by atoms with E-state index in [9.17, 15) is 9.90 Å². The Morgan fingerprint density at radius 2 is 1.66 bits per heavy atom. The Hall–Kier alpha value is -1.38. The molecule has 1 spiro atoms. The maximum Gasteiger partial charge on any atom is 0.410 e. The van der Waals surface area contributed by atoms with E-state index in [0.717, 1.165) is 21.1 Å². The number of amides is 1. The highest BCUT2D eigenvalue weighted by Crippen LogP contribution is 2.60. The first-order valence-electron chi connectivity index (χ1n) is 12.9. The minimum atomic E-state index is -1.97. The zero-order valence-electron chi connectivity index (χ0n) is 22.8. The molecule has 1 aliphatic heterocycles. The monoisotopic (exact) mass is 563 g/mol. The summed E-state index contributed by atoms with van der Waals surface area (Å²) in [5.41, 5.74) is 2.13. The zero-order chi connectivity index (χ0) is 26.1. The van der Waals surface area contributed by atoms with E-state index in [1.54, 1.807) is 4.90 Å². The molecule has 2 fully saturated rings. The highest BCUT2D eigenvalue weighted by molar-refractivity contribution is 9.10. The van der Waals surface area contributed by atoms with Crippen molar-refractivity contribution in [2.75, 3.05) is 13.1 Å². The molecule has 1 amide bonds. The molecule has 194 valence electrons. The van der Waals surface area contributed by atoms with Crippen LogP contribution in [0.2, 0.25) is 16.6 Å². The molecular formula is C27H42BrN3O3Si. The van der Waals surface area contributed by atoms with Crippen molar-refractivity contribution in [2.24, 2.45) is 5.41 Å². The van der Waals surface area contributed by atoms with Crippen molar-refractivity contribution in [3.63, 3.8) is 0 Å². The molecule has 0 radical (unpaired) electrons. The Labute approximate surface area is 219 Å². The van der Waals surface area contributed by atoms with E-state index in [1.165, 1.54) is 0 Å². The van der Waals surface area contributed by atoms with Gasteiger partial charge in [-0.15, -0.1) is 0 Å². The second-order valence-corrected chi connectivity index (χ2v) is 19.6. The van der Waals surface area contributed by atoms with Crippen LogP contribution < -0.4 is 0 Å². The molecule has 2 aromatic heterocycles. The summed E-state index contributed by atoms with van der Waals surface area (Å²) in [6.45, 7) is 21.1. The van der Waals surface area contributed by atoms with Crippen molar-refractivity contribution < 1.29 is 14.6 Å². The van der Waals surface area contributed by atoms with Gasteiger partial charge in [-0.1, -0.05) is 41.5 Å². The lowest BCUT2D eigenvalue weighted by atomic mass is 9.53. The van der Waals surface area contributed by atoms with Crippen molar-refractivity contribution in [1.82, 2.24) is 14.1 Å². The normalized spacial score (nSPS) is 19.5. The molecule has 8 heteroatoms. The van der Waals surface area contributed by atoms with E-state index in [0.29, 0.717) is 42.6 Å². The van der Waals surface area contributed by atoms with Crippen LogP contribution in [0.3, 0.4) is 0 Å². The van der Waals surface area contributed by atoms with Gasteiger partial charge in [-0.3, -0.25) is 0 Å². The largest absolute Gasteiger partial charge is 0.444 e. The second kappa shape index (κ2) is 8.59. The van der Waals surface area contributed by atoms with Crippen molar-refractivity contribution in [3.05, 3.63) is 28.5 Å². The van der Waals surface area contributed by atoms with E-state index >= 15 is 0 Å². The molecule has 0 aromatic carbocycles. The Morgan fingerprint density at radius 1 is 1.11 bits per heavy atom. The molecule has 4 rings (SSSR count). The van der Waals surface area contributed by atoms with Gasteiger partial charge < -0.3 is 19.0 Å². The predicted octanol–water partition coefficient (Wildman–Crippen LogP) is 7.04. The molecular weight excluding hydrogens is 522 g/mol. The summed E-state index contributed by atoms with van der Waals surface area (Å²) in [6, 6.07) is 2.16. The third kappa shape index (κ3) is 4.17. The van der Waals surface area contributed by atoms with Gasteiger partial charge in [0, 0.05) is 40.1 Å². The Bertz CT molecular complexity index is 1100. The third-order valence-corrected chi connectivity index (χ3v) is 15.7. The number of carbonyl (C=O) groups is 1. The lowest BCUT2D eigenvalue weighted by Crippen LogP contribution is -2.68.